The van der Waals surface area contributed by atoms with E-state index in [9.17, 15) is 8.42 Å². The minimum absolute atomic E-state index is 0.0185. The van der Waals surface area contributed by atoms with Crippen LogP contribution in [0.2, 0.25) is 0 Å². The molecule has 114 valence electrons. The molecule has 2 atom stereocenters. The highest BCUT2D eigenvalue weighted by molar-refractivity contribution is 7.89. The van der Waals surface area contributed by atoms with Gasteiger partial charge in [0.05, 0.1) is 23.6 Å². The van der Waals surface area contributed by atoms with E-state index in [2.05, 4.69) is 5.32 Å². The molecule has 2 fully saturated rings. The molecule has 0 bridgehead atoms. The molecule has 0 spiro atoms. The highest BCUT2D eigenvalue weighted by Gasteiger charge is 2.42. The average molecular weight is 308 g/mol. The van der Waals surface area contributed by atoms with Crippen molar-refractivity contribution in [2.24, 2.45) is 0 Å². The van der Waals surface area contributed by atoms with Crippen LogP contribution in [0, 0.1) is 0 Å². The molecule has 6 heteroatoms. The molecular weight excluding hydrogens is 288 g/mol. The first-order chi connectivity index (χ1) is 10.2. The van der Waals surface area contributed by atoms with E-state index in [1.54, 1.807) is 16.4 Å². The molecule has 1 N–H and O–H groups in total. The Morgan fingerprint density at radius 1 is 1.29 bits per heavy atom. The van der Waals surface area contributed by atoms with Gasteiger partial charge in [0.25, 0.3) is 0 Å². The Morgan fingerprint density at radius 2 is 2.19 bits per heavy atom. The van der Waals surface area contributed by atoms with Gasteiger partial charge in [-0.1, -0.05) is 6.07 Å². The summed E-state index contributed by atoms with van der Waals surface area (Å²) in [7, 11) is -3.42. The Labute approximate surface area is 125 Å². The Balaban J connectivity index is 1.69. The first-order valence-corrected chi connectivity index (χ1v) is 9.10. The number of hydrogen-bond donors (Lipinski definition) is 1. The summed E-state index contributed by atoms with van der Waals surface area (Å²) in [6, 6.07) is 5.50. The molecule has 0 amide bonds. The third-order valence-electron chi connectivity index (χ3n) is 4.83. The van der Waals surface area contributed by atoms with E-state index >= 15 is 0 Å². The van der Waals surface area contributed by atoms with Crippen molar-refractivity contribution >= 4 is 15.7 Å². The lowest BCUT2D eigenvalue weighted by atomic mass is 10.2. The third-order valence-corrected chi connectivity index (χ3v) is 6.75. The molecule has 1 aromatic rings. The molecule has 0 aromatic heterocycles. The fourth-order valence-electron chi connectivity index (χ4n) is 3.75. The lowest BCUT2D eigenvalue weighted by Crippen LogP contribution is -2.51. The number of rotatable bonds is 2. The molecular formula is C15H20N2O3S. The number of morpholine rings is 1. The van der Waals surface area contributed by atoms with E-state index in [-0.39, 0.29) is 12.1 Å². The summed E-state index contributed by atoms with van der Waals surface area (Å²) in [6.07, 6.45) is 3.99. The van der Waals surface area contributed by atoms with E-state index in [4.69, 9.17) is 4.74 Å². The van der Waals surface area contributed by atoms with Crippen molar-refractivity contribution in [3.8, 4) is 0 Å². The molecule has 5 nitrogen and oxygen atoms in total. The average Bonchev–Trinajstić information content (AvgIpc) is 3.14. The summed E-state index contributed by atoms with van der Waals surface area (Å²) in [5.41, 5.74) is 2.17. The lowest BCUT2D eigenvalue weighted by Gasteiger charge is -2.36. The van der Waals surface area contributed by atoms with Crippen LogP contribution in [0.5, 0.6) is 0 Å². The second-order valence-electron chi connectivity index (χ2n) is 6.02. The second kappa shape index (κ2) is 4.97. The van der Waals surface area contributed by atoms with E-state index in [1.165, 1.54) is 5.56 Å². The summed E-state index contributed by atoms with van der Waals surface area (Å²) < 4.78 is 33.3. The number of sulfonamides is 1. The molecule has 21 heavy (non-hydrogen) atoms. The van der Waals surface area contributed by atoms with E-state index in [1.807, 2.05) is 6.07 Å². The maximum atomic E-state index is 13.0. The van der Waals surface area contributed by atoms with Crippen LogP contribution >= 0.6 is 0 Å². The van der Waals surface area contributed by atoms with Crippen LogP contribution in [0.4, 0.5) is 5.69 Å². The summed E-state index contributed by atoms with van der Waals surface area (Å²) in [6.45, 7) is 1.86. The molecule has 3 aliphatic rings. The predicted molar refractivity (Wildman–Crippen MR) is 79.9 cm³/mol. The van der Waals surface area contributed by atoms with Gasteiger partial charge >= 0.3 is 0 Å². The summed E-state index contributed by atoms with van der Waals surface area (Å²) in [5, 5.41) is 3.25. The standard InChI is InChI=1S/C15H20N2O3S/c18-21(19,12-5-4-11-6-7-16-13(11)10-12)17-8-9-20-15-3-1-2-14(15)17/h4-5,10,14-16H,1-3,6-9H2. The molecule has 1 aliphatic carbocycles. The van der Waals surface area contributed by atoms with Crippen LogP contribution in [-0.4, -0.2) is 44.6 Å². The third kappa shape index (κ3) is 2.17. The normalized spacial score (nSPS) is 29.0. The SMILES string of the molecule is O=S(=O)(c1ccc2c(c1)NCC2)N1CCOC2CCCC21. The quantitative estimate of drug-likeness (QED) is 0.901. The van der Waals surface area contributed by atoms with Crippen molar-refractivity contribution in [1.82, 2.24) is 4.31 Å². The van der Waals surface area contributed by atoms with Gasteiger partial charge in [-0.05, 0) is 43.4 Å². The molecule has 2 heterocycles. The molecule has 1 saturated carbocycles. The van der Waals surface area contributed by atoms with Gasteiger partial charge in [-0.2, -0.15) is 4.31 Å². The van der Waals surface area contributed by atoms with Gasteiger partial charge in [-0.15, -0.1) is 0 Å². The summed E-state index contributed by atoms with van der Waals surface area (Å²) in [5.74, 6) is 0. The lowest BCUT2D eigenvalue weighted by molar-refractivity contribution is -0.0241. The number of fused-ring (bicyclic) bond motifs is 2. The van der Waals surface area contributed by atoms with Crippen LogP contribution in [0.15, 0.2) is 23.1 Å². The molecule has 1 saturated heterocycles. The Bertz CT molecular complexity index is 659. The molecule has 1 aromatic carbocycles. The minimum atomic E-state index is -3.42. The fraction of sp³-hybridized carbons (Fsp3) is 0.600. The number of hydrogen-bond acceptors (Lipinski definition) is 4. The Kier molecular flexibility index (Phi) is 3.20. The zero-order valence-corrected chi connectivity index (χ0v) is 12.7. The number of benzene rings is 1. The summed E-state index contributed by atoms with van der Waals surface area (Å²) in [4.78, 5) is 0.406. The first-order valence-electron chi connectivity index (χ1n) is 7.66. The molecule has 2 aliphatic heterocycles. The highest BCUT2D eigenvalue weighted by atomic mass is 32.2. The van der Waals surface area contributed by atoms with E-state index < -0.39 is 10.0 Å². The van der Waals surface area contributed by atoms with Crippen molar-refractivity contribution < 1.29 is 13.2 Å². The number of anilines is 1. The smallest absolute Gasteiger partial charge is 0.243 e. The molecule has 2 unspecified atom stereocenters. The first kappa shape index (κ1) is 13.5. The van der Waals surface area contributed by atoms with Crippen LogP contribution in [0.25, 0.3) is 0 Å². The molecule has 4 rings (SSSR count). The van der Waals surface area contributed by atoms with E-state index in [0.717, 1.165) is 37.9 Å². The monoisotopic (exact) mass is 308 g/mol. The fourth-order valence-corrected chi connectivity index (χ4v) is 5.44. The van der Waals surface area contributed by atoms with Crippen LogP contribution in [-0.2, 0) is 21.2 Å². The second-order valence-corrected chi connectivity index (χ2v) is 7.91. The Morgan fingerprint density at radius 3 is 3.10 bits per heavy atom. The van der Waals surface area contributed by atoms with Crippen molar-refractivity contribution in [2.75, 3.05) is 25.0 Å². The van der Waals surface area contributed by atoms with Crippen molar-refractivity contribution in [2.45, 2.75) is 42.7 Å². The van der Waals surface area contributed by atoms with Crippen molar-refractivity contribution in [1.29, 1.82) is 0 Å². The maximum absolute atomic E-state index is 13.0. The van der Waals surface area contributed by atoms with Crippen LogP contribution in [0.1, 0.15) is 24.8 Å². The van der Waals surface area contributed by atoms with Crippen molar-refractivity contribution in [3.05, 3.63) is 23.8 Å². The van der Waals surface area contributed by atoms with Crippen LogP contribution in [0.3, 0.4) is 0 Å². The topological polar surface area (TPSA) is 58.6 Å². The number of ether oxygens (including phenoxy) is 1. The summed E-state index contributed by atoms with van der Waals surface area (Å²) >= 11 is 0. The van der Waals surface area contributed by atoms with Gasteiger partial charge in [0.15, 0.2) is 0 Å². The van der Waals surface area contributed by atoms with Crippen LogP contribution < -0.4 is 5.32 Å². The van der Waals surface area contributed by atoms with Gasteiger partial charge in [0.1, 0.15) is 0 Å². The zero-order valence-electron chi connectivity index (χ0n) is 11.9. The van der Waals surface area contributed by atoms with Crippen molar-refractivity contribution in [3.63, 3.8) is 0 Å². The highest BCUT2D eigenvalue weighted by Crippen LogP contribution is 2.34. The minimum Gasteiger partial charge on any atom is -0.384 e. The molecule has 0 radical (unpaired) electrons. The largest absolute Gasteiger partial charge is 0.384 e. The Hall–Kier alpha value is -1.11. The number of nitrogens with zero attached hydrogens (tertiary/aromatic N) is 1. The van der Waals surface area contributed by atoms with E-state index in [0.29, 0.717) is 18.0 Å². The van der Waals surface area contributed by atoms with Gasteiger partial charge in [-0.25, -0.2) is 8.42 Å². The van der Waals surface area contributed by atoms with Gasteiger partial charge in [0.2, 0.25) is 10.0 Å². The zero-order chi connectivity index (χ0) is 14.4. The van der Waals surface area contributed by atoms with Gasteiger partial charge in [-0.3, -0.25) is 0 Å². The number of nitrogens with one attached hydrogen (secondary N) is 1. The maximum Gasteiger partial charge on any atom is 0.243 e. The van der Waals surface area contributed by atoms with Gasteiger partial charge in [0, 0.05) is 18.8 Å². The predicted octanol–water partition coefficient (Wildman–Crippen LogP) is 1.60. The van der Waals surface area contributed by atoms with Gasteiger partial charge < -0.3 is 10.1 Å².